The van der Waals surface area contributed by atoms with Crippen molar-refractivity contribution in [3.8, 4) is 0 Å². The lowest BCUT2D eigenvalue weighted by Gasteiger charge is -2.21. The van der Waals surface area contributed by atoms with Crippen LogP contribution in [-0.2, 0) is 18.3 Å². The van der Waals surface area contributed by atoms with E-state index in [2.05, 4.69) is 4.98 Å². The van der Waals surface area contributed by atoms with Gasteiger partial charge in [-0.05, 0) is 27.2 Å². The average Bonchev–Trinajstić information content (AvgIpc) is 2.94. The molecule has 0 bridgehead atoms. The van der Waals surface area contributed by atoms with Gasteiger partial charge in [-0.15, -0.1) is 0 Å². The fourth-order valence-electron chi connectivity index (χ4n) is 3.09. The molecule has 0 saturated carbocycles. The number of rotatable bonds is 9. The van der Waals surface area contributed by atoms with Gasteiger partial charge in [0.2, 0.25) is 0 Å². The third kappa shape index (κ3) is 5.08. The van der Waals surface area contributed by atoms with Gasteiger partial charge in [0, 0.05) is 23.5 Å². The summed E-state index contributed by atoms with van der Waals surface area (Å²) in [6, 6.07) is 0. The summed E-state index contributed by atoms with van der Waals surface area (Å²) in [5.41, 5.74) is -0.893. The summed E-state index contributed by atoms with van der Waals surface area (Å²) >= 11 is 0. The van der Waals surface area contributed by atoms with Crippen LogP contribution in [0.25, 0.3) is 0 Å². The molecule has 0 unspecified atom stereocenters. The maximum Gasteiger partial charge on any atom is 0.353 e. The van der Waals surface area contributed by atoms with Gasteiger partial charge in [-0.25, -0.2) is 4.79 Å². The highest BCUT2D eigenvalue weighted by Gasteiger charge is 2.44. The molecule has 0 aliphatic carbocycles. The fourth-order valence-corrected chi connectivity index (χ4v) is 4.44. The Hall–Kier alpha value is -1.55. The molecule has 11 heteroatoms. The van der Waals surface area contributed by atoms with Crippen LogP contribution in [0.3, 0.4) is 0 Å². The van der Waals surface area contributed by atoms with Gasteiger partial charge in [-0.3, -0.25) is 18.9 Å². The second-order valence-corrected chi connectivity index (χ2v) is 8.27. The second kappa shape index (κ2) is 9.78. The predicted octanol–water partition coefficient (Wildman–Crippen LogP) is 0.882. The number of nitrogens with zero attached hydrogens (tertiary/aromatic N) is 1. The van der Waals surface area contributed by atoms with E-state index >= 15 is 0 Å². The van der Waals surface area contributed by atoms with E-state index in [0.29, 0.717) is 5.56 Å². The van der Waals surface area contributed by atoms with Crippen molar-refractivity contribution >= 4 is 7.60 Å². The number of aliphatic hydroxyl groups excluding tert-OH is 2. The second-order valence-electron chi connectivity index (χ2n) is 6.38. The Kier molecular flexibility index (Phi) is 7.94. The van der Waals surface area contributed by atoms with Crippen molar-refractivity contribution < 1.29 is 28.6 Å². The van der Waals surface area contributed by atoms with Crippen molar-refractivity contribution in [2.45, 2.75) is 45.6 Å². The first kappa shape index (κ1) is 22.7. The number of H-pyrrole nitrogens is 1. The Labute approximate surface area is 162 Å². The lowest BCUT2D eigenvalue weighted by Crippen LogP contribution is -2.36. The number of aliphatic hydroxyl groups is 2. The Bertz CT molecular complexity index is 838. The molecule has 4 atom stereocenters. The normalized spacial score (nSPS) is 25.6. The van der Waals surface area contributed by atoms with E-state index in [1.54, 1.807) is 26.8 Å². The van der Waals surface area contributed by atoms with Crippen LogP contribution in [-0.4, -0.2) is 51.8 Å². The van der Waals surface area contributed by atoms with Crippen molar-refractivity contribution in [3.63, 3.8) is 0 Å². The molecule has 3 N–H and O–H groups in total. The average molecular weight is 418 g/mol. The first-order chi connectivity index (χ1) is 13.3. The lowest BCUT2D eigenvalue weighted by atomic mass is 9.96. The summed E-state index contributed by atoms with van der Waals surface area (Å²) in [7, 11) is -3.40. The number of aryl methyl sites for hydroxylation is 1. The predicted molar refractivity (Wildman–Crippen MR) is 101 cm³/mol. The van der Waals surface area contributed by atoms with E-state index in [-0.39, 0.29) is 19.6 Å². The molecule has 1 aromatic rings. The maximum absolute atomic E-state index is 12.5. The van der Waals surface area contributed by atoms with E-state index in [1.807, 2.05) is 0 Å². The van der Waals surface area contributed by atoms with Crippen LogP contribution in [0, 0.1) is 12.8 Å². The van der Waals surface area contributed by atoms with Crippen molar-refractivity contribution in [3.05, 3.63) is 44.5 Å². The Balaban J connectivity index is 2.30. The van der Waals surface area contributed by atoms with Gasteiger partial charge in [0.1, 0.15) is 12.3 Å². The van der Waals surface area contributed by atoms with Gasteiger partial charge in [-0.2, -0.15) is 0 Å². The maximum atomic E-state index is 12.5. The third-order valence-corrected chi connectivity index (χ3v) is 6.23. The van der Waals surface area contributed by atoms with Crippen molar-refractivity contribution in [2.24, 2.45) is 5.92 Å². The first-order valence-corrected chi connectivity index (χ1v) is 10.7. The van der Waals surface area contributed by atoms with Crippen LogP contribution in [0.2, 0.25) is 0 Å². The number of aromatic nitrogens is 2. The van der Waals surface area contributed by atoms with E-state index in [4.69, 9.17) is 13.8 Å². The summed E-state index contributed by atoms with van der Waals surface area (Å²) in [5, 5.41) is 19.9. The number of nitrogens with one attached hydrogen (secondary N) is 1. The number of aromatic amines is 1. The summed E-state index contributed by atoms with van der Waals surface area (Å²) < 4.78 is 29.7. The van der Waals surface area contributed by atoms with Crippen LogP contribution in [0.15, 0.2) is 27.7 Å². The molecule has 158 valence electrons. The molecular weight excluding hydrogens is 391 g/mol. The number of allylic oxidation sites excluding steroid dienone is 1. The van der Waals surface area contributed by atoms with Crippen LogP contribution >= 0.6 is 7.60 Å². The lowest BCUT2D eigenvalue weighted by molar-refractivity contribution is -0.0481. The summed E-state index contributed by atoms with van der Waals surface area (Å²) in [6.07, 6.45) is 0.181. The zero-order valence-electron chi connectivity index (χ0n) is 16.1. The highest BCUT2D eigenvalue weighted by molar-refractivity contribution is 7.57. The van der Waals surface area contributed by atoms with E-state index < -0.39 is 49.8 Å². The minimum Gasteiger partial charge on any atom is -0.394 e. The highest BCUT2D eigenvalue weighted by atomic mass is 31.2. The van der Waals surface area contributed by atoms with Gasteiger partial charge >= 0.3 is 13.3 Å². The molecule has 0 aromatic carbocycles. The zero-order chi connectivity index (χ0) is 20.9. The summed E-state index contributed by atoms with van der Waals surface area (Å²) in [5.74, 6) is 0.685. The van der Waals surface area contributed by atoms with Gasteiger partial charge in [-0.1, -0.05) is 6.08 Å². The first-order valence-electron chi connectivity index (χ1n) is 9.09. The van der Waals surface area contributed by atoms with Gasteiger partial charge in [0.05, 0.1) is 25.9 Å². The van der Waals surface area contributed by atoms with Gasteiger partial charge in [0.25, 0.3) is 5.56 Å². The minimum absolute atomic E-state index is 0.178. The standard InChI is InChI=1S/C17H27N2O8P/c1-4-25-28(24,26-5-2)8-6-7-12-14(21)13(10-20)27-16(12)19-9-11(3)15(22)18-17(19)23/h6,8-9,12-14,16,20-21H,4-5,7,10H2,1-3H3,(H,18,22,23)/b8-6+/t12-,13-,14+,16-/m1/s1. The monoisotopic (exact) mass is 418 g/mol. The van der Waals surface area contributed by atoms with Gasteiger partial charge < -0.3 is 24.0 Å². The molecule has 1 saturated heterocycles. The third-order valence-electron chi connectivity index (χ3n) is 4.41. The van der Waals surface area contributed by atoms with E-state index in [9.17, 15) is 24.4 Å². The smallest absolute Gasteiger partial charge is 0.353 e. The number of hydrogen-bond donors (Lipinski definition) is 3. The van der Waals surface area contributed by atoms with E-state index in [0.717, 1.165) is 0 Å². The Morgan fingerprint density at radius 2 is 1.96 bits per heavy atom. The van der Waals surface area contributed by atoms with Crippen molar-refractivity contribution in [1.29, 1.82) is 0 Å². The quantitative estimate of drug-likeness (QED) is 0.502. The Morgan fingerprint density at radius 1 is 1.32 bits per heavy atom. The van der Waals surface area contributed by atoms with Crippen LogP contribution in [0.5, 0.6) is 0 Å². The summed E-state index contributed by atoms with van der Waals surface area (Å²) in [6.45, 7) is 4.90. The molecule has 1 fully saturated rings. The molecule has 0 amide bonds. The molecule has 1 aliphatic heterocycles. The Morgan fingerprint density at radius 3 is 2.54 bits per heavy atom. The molecule has 28 heavy (non-hydrogen) atoms. The topological polar surface area (TPSA) is 140 Å². The molecule has 1 aromatic heterocycles. The molecule has 1 aliphatic rings. The zero-order valence-corrected chi connectivity index (χ0v) is 17.0. The molecular formula is C17H27N2O8P. The summed E-state index contributed by atoms with van der Waals surface area (Å²) in [4.78, 5) is 26.0. The molecule has 0 spiro atoms. The van der Waals surface area contributed by atoms with Crippen LogP contribution in [0.4, 0.5) is 0 Å². The van der Waals surface area contributed by atoms with E-state index in [1.165, 1.54) is 16.6 Å². The molecule has 2 rings (SSSR count). The van der Waals surface area contributed by atoms with Gasteiger partial charge in [0.15, 0.2) is 0 Å². The van der Waals surface area contributed by atoms with Crippen LogP contribution < -0.4 is 11.2 Å². The minimum atomic E-state index is -3.40. The molecule has 10 nitrogen and oxygen atoms in total. The molecule has 2 heterocycles. The largest absolute Gasteiger partial charge is 0.394 e. The van der Waals surface area contributed by atoms with Crippen LogP contribution in [0.1, 0.15) is 32.1 Å². The highest BCUT2D eigenvalue weighted by Crippen LogP contribution is 2.50. The SMILES string of the molecule is CCOP(=O)(/C=C/C[C@@H]1[C@H](O)[C@@H](CO)O[C@H]1n1cc(C)c(=O)[nH]c1=O)OCC. The van der Waals surface area contributed by atoms with Crippen molar-refractivity contribution in [2.75, 3.05) is 19.8 Å². The van der Waals surface area contributed by atoms with Crippen molar-refractivity contribution in [1.82, 2.24) is 9.55 Å². The number of ether oxygens (including phenoxy) is 1. The fraction of sp³-hybridized carbons (Fsp3) is 0.647. The number of hydrogen-bond acceptors (Lipinski definition) is 8. The molecule has 0 radical (unpaired) electrons.